The number of amides is 1. The van der Waals surface area contributed by atoms with Crippen LogP contribution in [0.4, 0.5) is 5.69 Å². The third-order valence-electron chi connectivity index (χ3n) is 5.44. The van der Waals surface area contributed by atoms with E-state index >= 15 is 0 Å². The molecule has 1 amide bonds. The molecule has 0 spiro atoms. The second-order valence-electron chi connectivity index (χ2n) is 7.12. The summed E-state index contributed by atoms with van der Waals surface area (Å²) in [7, 11) is 3.33. The first kappa shape index (κ1) is 17.3. The van der Waals surface area contributed by atoms with Crippen molar-refractivity contribution in [2.24, 2.45) is 0 Å². The maximum atomic E-state index is 11.9. The van der Waals surface area contributed by atoms with Gasteiger partial charge in [0.25, 0.3) is 0 Å². The van der Waals surface area contributed by atoms with Crippen LogP contribution in [-0.2, 0) is 10.2 Å². The summed E-state index contributed by atoms with van der Waals surface area (Å²) in [6.45, 7) is 6.56. The van der Waals surface area contributed by atoms with E-state index in [0.29, 0.717) is 0 Å². The van der Waals surface area contributed by atoms with Crippen molar-refractivity contribution in [3.63, 3.8) is 0 Å². The number of methoxy groups -OCH3 is 2. The van der Waals surface area contributed by atoms with Crippen LogP contribution in [-0.4, -0.2) is 26.7 Å². The zero-order valence-electron chi connectivity index (χ0n) is 15.4. The van der Waals surface area contributed by atoms with Gasteiger partial charge < -0.3 is 14.4 Å². The van der Waals surface area contributed by atoms with Gasteiger partial charge in [0.05, 0.1) is 20.3 Å². The Morgan fingerprint density at radius 3 is 2.20 bits per heavy atom. The number of ether oxygens (including phenoxy) is 2. The Bertz CT molecular complexity index is 767. The first-order chi connectivity index (χ1) is 11.9. The normalized spacial score (nSPS) is 19.2. The molecule has 0 N–H and O–H groups in total. The minimum Gasteiger partial charge on any atom is -0.497 e. The molecule has 2 aromatic carbocycles. The lowest BCUT2D eigenvalue weighted by Crippen LogP contribution is -2.44. The predicted octanol–water partition coefficient (Wildman–Crippen LogP) is 4.13. The molecule has 25 heavy (non-hydrogen) atoms. The monoisotopic (exact) mass is 339 g/mol. The smallest absolute Gasteiger partial charge is 0.214 e. The van der Waals surface area contributed by atoms with Gasteiger partial charge >= 0.3 is 0 Å². The maximum Gasteiger partial charge on any atom is 0.214 e. The summed E-state index contributed by atoms with van der Waals surface area (Å²) in [5, 5.41) is 0. The molecular formula is C21H25NO3. The van der Waals surface area contributed by atoms with E-state index in [1.165, 1.54) is 5.56 Å². The number of fused-ring (bicyclic) bond motifs is 1. The molecule has 0 fully saturated rings. The second kappa shape index (κ2) is 6.43. The molecule has 0 aliphatic carbocycles. The molecule has 1 aliphatic heterocycles. The molecule has 0 aromatic heterocycles. The Morgan fingerprint density at radius 1 is 1.04 bits per heavy atom. The van der Waals surface area contributed by atoms with Gasteiger partial charge in [-0.2, -0.15) is 0 Å². The molecule has 1 aliphatic rings. The summed E-state index contributed by atoms with van der Waals surface area (Å²) in [5.41, 5.74) is 3.10. The average molecular weight is 339 g/mol. The molecule has 0 saturated heterocycles. The number of benzene rings is 2. The summed E-state index contributed by atoms with van der Waals surface area (Å²) in [6, 6.07) is 14.0. The van der Waals surface area contributed by atoms with Crippen molar-refractivity contribution in [1.82, 2.24) is 0 Å². The molecule has 0 bridgehead atoms. The third-order valence-corrected chi connectivity index (χ3v) is 5.44. The minimum absolute atomic E-state index is 0.0282. The van der Waals surface area contributed by atoms with E-state index in [1.807, 2.05) is 35.2 Å². The summed E-state index contributed by atoms with van der Waals surface area (Å²) in [6.07, 6.45) is 0.949. The lowest BCUT2D eigenvalue weighted by Gasteiger charge is -2.36. The van der Waals surface area contributed by atoms with E-state index < -0.39 is 0 Å². The highest BCUT2D eigenvalue weighted by atomic mass is 16.5. The van der Waals surface area contributed by atoms with Crippen LogP contribution in [0.3, 0.4) is 0 Å². The SMILES string of the molecule is COc1ccc(C(C)C2N(C=O)c3ccc(OC)cc3C2(C)C)cc1. The largest absolute Gasteiger partial charge is 0.497 e. The predicted molar refractivity (Wildman–Crippen MR) is 99.8 cm³/mol. The van der Waals surface area contributed by atoms with Gasteiger partial charge in [-0.25, -0.2) is 0 Å². The van der Waals surface area contributed by atoms with Crippen molar-refractivity contribution in [2.45, 2.75) is 38.1 Å². The first-order valence-electron chi connectivity index (χ1n) is 8.50. The number of rotatable bonds is 5. The Hall–Kier alpha value is -2.49. The van der Waals surface area contributed by atoms with Crippen molar-refractivity contribution in [3.05, 3.63) is 53.6 Å². The van der Waals surface area contributed by atoms with E-state index in [-0.39, 0.29) is 17.4 Å². The van der Waals surface area contributed by atoms with Gasteiger partial charge in [-0.3, -0.25) is 4.79 Å². The lowest BCUT2D eigenvalue weighted by atomic mass is 9.73. The van der Waals surface area contributed by atoms with E-state index in [4.69, 9.17) is 9.47 Å². The van der Waals surface area contributed by atoms with Gasteiger partial charge in [0.2, 0.25) is 6.41 Å². The molecular weight excluding hydrogens is 314 g/mol. The summed E-state index contributed by atoms with van der Waals surface area (Å²) in [5.74, 6) is 1.82. The number of hydrogen-bond acceptors (Lipinski definition) is 3. The molecule has 132 valence electrons. The Morgan fingerprint density at radius 2 is 1.64 bits per heavy atom. The number of nitrogens with zero attached hydrogens (tertiary/aromatic N) is 1. The topological polar surface area (TPSA) is 38.8 Å². The van der Waals surface area contributed by atoms with Crippen LogP contribution < -0.4 is 14.4 Å². The highest BCUT2D eigenvalue weighted by Gasteiger charge is 2.47. The van der Waals surface area contributed by atoms with Crippen LogP contribution in [0, 0.1) is 0 Å². The van der Waals surface area contributed by atoms with E-state index in [0.717, 1.165) is 29.2 Å². The van der Waals surface area contributed by atoms with Crippen molar-refractivity contribution in [3.8, 4) is 11.5 Å². The zero-order valence-corrected chi connectivity index (χ0v) is 15.4. The highest BCUT2D eigenvalue weighted by molar-refractivity contribution is 5.83. The highest BCUT2D eigenvalue weighted by Crippen LogP contribution is 2.50. The molecule has 3 rings (SSSR count). The first-order valence-corrected chi connectivity index (χ1v) is 8.50. The van der Waals surface area contributed by atoms with Gasteiger partial charge in [-0.15, -0.1) is 0 Å². The molecule has 4 nitrogen and oxygen atoms in total. The van der Waals surface area contributed by atoms with Crippen LogP contribution in [0.25, 0.3) is 0 Å². The van der Waals surface area contributed by atoms with Crippen molar-refractivity contribution in [2.75, 3.05) is 19.1 Å². The van der Waals surface area contributed by atoms with Gasteiger partial charge in [0.1, 0.15) is 11.5 Å². The van der Waals surface area contributed by atoms with Crippen molar-refractivity contribution >= 4 is 12.1 Å². The van der Waals surface area contributed by atoms with Crippen LogP contribution in [0.2, 0.25) is 0 Å². The van der Waals surface area contributed by atoms with Crippen LogP contribution >= 0.6 is 0 Å². The Balaban J connectivity index is 2.03. The molecule has 2 atom stereocenters. The molecule has 0 saturated carbocycles. The van der Waals surface area contributed by atoms with E-state index in [9.17, 15) is 4.79 Å². The van der Waals surface area contributed by atoms with E-state index in [2.05, 4.69) is 32.9 Å². The fourth-order valence-corrected chi connectivity index (χ4v) is 4.12. The minimum atomic E-state index is -0.190. The second-order valence-corrected chi connectivity index (χ2v) is 7.12. The van der Waals surface area contributed by atoms with Crippen LogP contribution in [0.5, 0.6) is 11.5 Å². The van der Waals surface area contributed by atoms with E-state index in [1.54, 1.807) is 14.2 Å². The lowest BCUT2D eigenvalue weighted by molar-refractivity contribution is -0.108. The van der Waals surface area contributed by atoms with Gasteiger partial charge in [-0.1, -0.05) is 32.9 Å². The third kappa shape index (κ3) is 2.76. The molecule has 4 heteroatoms. The molecule has 0 radical (unpaired) electrons. The molecule has 2 aromatic rings. The molecule has 2 unspecified atom stereocenters. The van der Waals surface area contributed by atoms with Crippen LogP contribution in [0.1, 0.15) is 37.8 Å². The summed E-state index contributed by atoms with van der Waals surface area (Å²) < 4.78 is 10.6. The average Bonchev–Trinajstić information content (AvgIpc) is 2.87. The maximum absolute atomic E-state index is 11.9. The number of carbonyl (C=O) groups is 1. The van der Waals surface area contributed by atoms with Gasteiger partial charge in [-0.05, 0) is 41.5 Å². The zero-order chi connectivity index (χ0) is 18.2. The number of carbonyl (C=O) groups excluding carboxylic acids is 1. The number of anilines is 1. The standard InChI is InChI=1S/C21H25NO3/c1-14(15-6-8-16(24-4)9-7-15)20-21(2,3)18-12-17(25-5)10-11-19(18)22(20)13-23/h6-14,20H,1-5H3. The van der Waals surface area contributed by atoms with Gasteiger partial charge in [0.15, 0.2) is 0 Å². The summed E-state index contributed by atoms with van der Waals surface area (Å²) >= 11 is 0. The fourth-order valence-electron chi connectivity index (χ4n) is 4.12. The Kier molecular flexibility index (Phi) is 4.46. The van der Waals surface area contributed by atoms with Gasteiger partial charge in [0, 0.05) is 17.0 Å². The molecule has 1 heterocycles. The van der Waals surface area contributed by atoms with Crippen molar-refractivity contribution in [1.29, 1.82) is 0 Å². The van der Waals surface area contributed by atoms with Crippen molar-refractivity contribution < 1.29 is 14.3 Å². The Labute approximate surface area is 149 Å². The summed E-state index contributed by atoms with van der Waals surface area (Å²) in [4.78, 5) is 13.8. The number of hydrogen-bond donors (Lipinski definition) is 0. The quantitative estimate of drug-likeness (QED) is 0.769. The fraction of sp³-hybridized carbons (Fsp3) is 0.381. The van der Waals surface area contributed by atoms with Crippen LogP contribution in [0.15, 0.2) is 42.5 Å².